The molecular formula is C13H13ClN2O2S. The number of aryl methyl sites for hydroxylation is 1. The maximum atomic E-state index is 10.7. The molecule has 0 radical (unpaired) electrons. The molecule has 0 unspecified atom stereocenters. The maximum Gasteiger partial charge on any atom is 0.313 e. The molecule has 4 nitrogen and oxygen atoms in total. The topological polar surface area (TPSA) is 55.1 Å². The summed E-state index contributed by atoms with van der Waals surface area (Å²) in [6, 6.07) is 5.63. The average molecular weight is 297 g/mol. The summed E-state index contributed by atoms with van der Waals surface area (Å²) in [4.78, 5) is 15.0. The summed E-state index contributed by atoms with van der Waals surface area (Å²) in [6.07, 6.45) is 1.88. The quantitative estimate of drug-likeness (QED) is 0.879. The Bertz CT molecular complexity index is 625. The second-order valence-electron chi connectivity index (χ2n) is 4.10. The van der Waals surface area contributed by atoms with Crippen molar-refractivity contribution in [1.29, 1.82) is 0 Å². The fourth-order valence-electron chi connectivity index (χ4n) is 1.73. The molecule has 0 saturated carbocycles. The van der Waals surface area contributed by atoms with E-state index in [2.05, 4.69) is 4.98 Å². The first kappa shape index (κ1) is 14.0. The molecule has 0 atom stereocenters. The van der Waals surface area contributed by atoms with Crippen LogP contribution in [-0.4, -0.2) is 26.4 Å². The molecule has 0 spiro atoms. The van der Waals surface area contributed by atoms with Gasteiger partial charge in [-0.25, -0.2) is 4.98 Å². The molecule has 1 heterocycles. The number of benzene rings is 1. The second-order valence-corrected chi connectivity index (χ2v) is 5.45. The van der Waals surface area contributed by atoms with Crippen molar-refractivity contribution in [3.8, 4) is 5.69 Å². The van der Waals surface area contributed by atoms with Crippen molar-refractivity contribution in [2.45, 2.75) is 19.0 Å². The van der Waals surface area contributed by atoms with Crippen LogP contribution < -0.4 is 0 Å². The van der Waals surface area contributed by atoms with Crippen molar-refractivity contribution in [3.63, 3.8) is 0 Å². The third kappa shape index (κ3) is 3.11. The van der Waals surface area contributed by atoms with Crippen LogP contribution in [0.4, 0.5) is 0 Å². The summed E-state index contributed by atoms with van der Waals surface area (Å²) in [5.74, 6) is -0.879. The number of aliphatic carboxylic acids is 1. The molecule has 100 valence electrons. The van der Waals surface area contributed by atoms with E-state index in [9.17, 15) is 4.79 Å². The molecule has 19 heavy (non-hydrogen) atoms. The molecule has 0 bridgehead atoms. The molecule has 0 amide bonds. The highest BCUT2D eigenvalue weighted by Gasteiger charge is 2.12. The number of hydrogen-bond donors (Lipinski definition) is 1. The van der Waals surface area contributed by atoms with Gasteiger partial charge in [0, 0.05) is 11.2 Å². The number of hydrogen-bond acceptors (Lipinski definition) is 3. The Labute approximate surface area is 120 Å². The van der Waals surface area contributed by atoms with Gasteiger partial charge in [-0.3, -0.25) is 9.36 Å². The summed E-state index contributed by atoms with van der Waals surface area (Å²) in [6.45, 7) is 3.81. The lowest BCUT2D eigenvalue weighted by molar-refractivity contribution is -0.133. The minimum absolute atomic E-state index is 0.0178. The van der Waals surface area contributed by atoms with Crippen LogP contribution in [0.5, 0.6) is 0 Å². The van der Waals surface area contributed by atoms with Crippen LogP contribution in [0.1, 0.15) is 11.3 Å². The van der Waals surface area contributed by atoms with Gasteiger partial charge >= 0.3 is 5.97 Å². The zero-order valence-corrected chi connectivity index (χ0v) is 12.1. The highest BCUT2D eigenvalue weighted by atomic mass is 35.5. The minimum atomic E-state index is -0.861. The van der Waals surface area contributed by atoms with Gasteiger partial charge in [-0.2, -0.15) is 0 Å². The summed E-state index contributed by atoms with van der Waals surface area (Å²) < 4.78 is 1.88. The average Bonchev–Trinajstić information content (AvgIpc) is 2.71. The van der Waals surface area contributed by atoms with Crippen LogP contribution in [0.25, 0.3) is 5.69 Å². The molecule has 1 aromatic heterocycles. The highest BCUT2D eigenvalue weighted by Crippen LogP contribution is 2.27. The van der Waals surface area contributed by atoms with Crippen LogP contribution in [-0.2, 0) is 4.79 Å². The molecule has 1 N–H and O–H groups in total. The van der Waals surface area contributed by atoms with Gasteiger partial charge in [0.15, 0.2) is 5.16 Å². The Hall–Kier alpha value is -1.46. The highest BCUT2D eigenvalue weighted by molar-refractivity contribution is 7.99. The first-order chi connectivity index (χ1) is 8.99. The van der Waals surface area contributed by atoms with Gasteiger partial charge in [0.2, 0.25) is 0 Å². The van der Waals surface area contributed by atoms with Crippen LogP contribution in [0.3, 0.4) is 0 Å². The van der Waals surface area contributed by atoms with E-state index in [0.717, 1.165) is 16.9 Å². The van der Waals surface area contributed by atoms with Crippen molar-refractivity contribution in [1.82, 2.24) is 9.55 Å². The van der Waals surface area contributed by atoms with Crippen LogP contribution in [0, 0.1) is 13.8 Å². The molecule has 2 aromatic rings. The van der Waals surface area contributed by atoms with Crippen LogP contribution in [0.2, 0.25) is 5.02 Å². The van der Waals surface area contributed by atoms with E-state index in [-0.39, 0.29) is 5.75 Å². The zero-order valence-electron chi connectivity index (χ0n) is 10.6. The number of aromatic nitrogens is 2. The third-order valence-corrected chi connectivity index (χ3v) is 3.96. The Balaban J connectivity index is 2.44. The molecule has 0 aliphatic carbocycles. The summed E-state index contributed by atoms with van der Waals surface area (Å²) in [5.41, 5.74) is 2.70. The van der Waals surface area contributed by atoms with Crippen molar-refractivity contribution < 1.29 is 9.90 Å². The molecule has 0 saturated heterocycles. The molecule has 1 aromatic carbocycles. The van der Waals surface area contributed by atoms with E-state index in [1.807, 2.05) is 42.8 Å². The fourth-order valence-corrected chi connectivity index (χ4v) is 2.65. The third-order valence-electron chi connectivity index (χ3n) is 2.62. The van der Waals surface area contributed by atoms with Crippen molar-refractivity contribution in [3.05, 3.63) is 40.7 Å². The largest absolute Gasteiger partial charge is 0.481 e. The van der Waals surface area contributed by atoms with Crippen molar-refractivity contribution in [2.75, 3.05) is 5.75 Å². The van der Waals surface area contributed by atoms with Gasteiger partial charge in [-0.1, -0.05) is 29.4 Å². The number of halogens is 1. The van der Waals surface area contributed by atoms with E-state index in [0.29, 0.717) is 10.2 Å². The Kier molecular flexibility index (Phi) is 4.17. The zero-order chi connectivity index (χ0) is 14.0. The van der Waals surface area contributed by atoms with Crippen molar-refractivity contribution in [2.24, 2.45) is 0 Å². The molecule has 2 rings (SSSR count). The Morgan fingerprint density at radius 1 is 1.47 bits per heavy atom. The first-order valence-electron chi connectivity index (χ1n) is 5.65. The van der Waals surface area contributed by atoms with Gasteiger partial charge in [0.25, 0.3) is 0 Å². The number of rotatable bonds is 4. The monoisotopic (exact) mass is 296 g/mol. The van der Waals surface area contributed by atoms with Crippen LogP contribution in [0.15, 0.2) is 29.6 Å². The number of imidazole rings is 1. The number of nitrogens with zero attached hydrogens (tertiary/aromatic N) is 2. The fraction of sp³-hybridized carbons (Fsp3) is 0.231. The standard InChI is InChI=1S/C13H13ClN2O2S/c1-8-6-16(13(15-8)19-7-12(17)18)11-5-3-4-10(14)9(11)2/h3-6H,7H2,1-2H3,(H,17,18). The van der Waals surface area contributed by atoms with E-state index in [1.165, 1.54) is 11.8 Å². The van der Waals surface area contributed by atoms with E-state index in [1.54, 1.807) is 0 Å². The number of carbonyl (C=O) groups is 1. The first-order valence-corrected chi connectivity index (χ1v) is 7.01. The minimum Gasteiger partial charge on any atom is -0.481 e. The van der Waals surface area contributed by atoms with Gasteiger partial charge in [0.05, 0.1) is 17.1 Å². The number of thioether (sulfide) groups is 1. The lowest BCUT2D eigenvalue weighted by atomic mass is 10.2. The normalized spacial score (nSPS) is 10.7. The molecule has 0 aliphatic heterocycles. The predicted molar refractivity (Wildman–Crippen MR) is 76.4 cm³/mol. The Morgan fingerprint density at radius 2 is 2.21 bits per heavy atom. The SMILES string of the molecule is Cc1cn(-c2cccc(Cl)c2C)c(SCC(=O)O)n1. The molecular weight excluding hydrogens is 284 g/mol. The van der Waals surface area contributed by atoms with Gasteiger partial charge in [-0.05, 0) is 31.5 Å². The molecule has 0 aliphatic rings. The van der Waals surface area contributed by atoms with Crippen molar-refractivity contribution >= 4 is 29.3 Å². The molecule has 6 heteroatoms. The Morgan fingerprint density at radius 3 is 2.89 bits per heavy atom. The lowest BCUT2D eigenvalue weighted by Crippen LogP contribution is -2.02. The van der Waals surface area contributed by atoms with E-state index >= 15 is 0 Å². The lowest BCUT2D eigenvalue weighted by Gasteiger charge is -2.10. The summed E-state index contributed by atoms with van der Waals surface area (Å²) in [7, 11) is 0. The summed E-state index contributed by atoms with van der Waals surface area (Å²) >= 11 is 7.31. The summed E-state index contributed by atoms with van der Waals surface area (Å²) in [5, 5.41) is 10.1. The predicted octanol–water partition coefficient (Wildman–Crippen LogP) is 3.32. The second kappa shape index (κ2) is 5.67. The maximum absolute atomic E-state index is 10.7. The van der Waals surface area contributed by atoms with Gasteiger partial charge in [-0.15, -0.1) is 0 Å². The van der Waals surface area contributed by atoms with E-state index in [4.69, 9.17) is 16.7 Å². The smallest absolute Gasteiger partial charge is 0.313 e. The number of carboxylic acid groups (broad SMARTS) is 1. The number of carboxylic acids is 1. The molecule has 0 fully saturated rings. The van der Waals surface area contributed by atoms with Crippen LogP contribution >= 0.6 is 23.4 Å². The van der Waals surface area contributed by atoms with Gasteiger partial charge < -0.3 is 5.11 Å². The van der Waals surface area contributed by atoms with E-state index < -0.39 is 5.97 Å². The van der Waals surface area contributed by atoms with Gasteiger partial charge in [0.1, 0.15) is 0 Å².